The Kier molecular flexibility index (Phi) is 8.62. The lowest BCUT2D eigenvalue weighted by molar-refractivity contribution is -0.133. The smallest absolute Gasteiger partial charge is 0.252 e. The zero-order valence-corrected chi connectivity index (χ0v) is 24.9. The number of nitrogens with zero attached hydrogens (tertiary/aromatic N) is 4. The Morgan fingerprint density at radius 3 is 2.55 bits per heavy atom. The van der Waals surface area contributed by atoms with Crippen LogP contribution in [0.15, 0.2) is 66.9 Å². The molecule has 0 bridgehead atoms. The minimum Gasteiger partial charge on any atom is -0.386 e. The fraction of sp³-hybridized carbons (Fsp3) is 0.375. The lowest BCUT2D eigenvalue weighted by Crippen LogP contribution is -2.56. The number of aliphatic hydroxyl groups excluding tert-OH is 1. The number of hydrogen-bond donors (Lipinski definition) is 3. The molecule has 2 heterocycles. The highest BCUT2D eigenvalue weighted by Crippen LogP contribution is 2.40. The van der Waals surface area contributed by atoms with Crippen LogP contribution in [0.1, 0.15) is 62.3 Å². The minimum atomic E-state index is -2.89. The van der Waals surface area contributed by atoms with Crippen LogP contribution >= 0.6 is 11.6 Å². The molecule has 1 aromatic heterocycles. The molecule has 1 saturated carbocycles. The van der Waals surface area contributed by atoms with Gasteiger partial charge in [0.05, 0.1) is 17.2 Å². The molecule has 5 rings (SSSR count). The third-order valence-electron chi connectivity index (χ3n) is 7.99. The SMILES string of the molecule is CC(C)(O)c1cccc(N(C(=O)C2CCC(O)N2c2cc(C#N)ccn2)C(C(=O)NC2CC(F)(F)C2)c2ccccc2Cl)c1. The van der Waals surface area contributed by atoms with Gasteiger partial charge in [0, 0.05) is 41.4 Å². The van der Waals surface area contributed by atoms with Crippen molar-refractivity contribution in [3.8, 4) is 6.07 Å². The van der Waals surface area contributed by atoms with Crippen LogP contribution in [0.4, 0.5) is 20.3 Å². The number of rotatable bonds is 8. The molecule has 2 fully saturated rings. The summed E-state index contributed by atoms with van der Waals surface area (Å²) in [5.41, 5.74) is -0.0676. The molecule has 2 amide bonds. The second-order valence-electron chi connectivity index (χ2n) is 11.7. The summed E-state index contributed by atoms with van der Waals surface area (Å²) in [5.74, 6) is -4.00. The standard InChI is InChI=1S/C32H32ClF2N5O4/c1-31(2,44)20-6-5-7-22(15-20)39(30(43)25-10-11-27(41)40(25)26-14-19(18-36)12-13-37-26)28(23-8-3-4-9-24(23)33)29(42)38-21-16-32(34,35)17-21/h3-9,12-15,21,25,27-28,41,44H,10-11,16-17H2,1-2H3,(H,38,42). The van der Waals surface area contributed by atoms with E-state index in [1.54, 1.807) is 62.4 Å². The highest BCUT2D eigenvalue weighted by molar-refractivity contribution is 6.31. The topological polar surface area (TPSA) is 130 Å². The zero-order chi connectivity index (χ0) is 31.8. The molecule has 1 aliphatic carbocycles. The van der Waals surface area contributed by atoms with E-state index in [-0.39, 0.29) is 40.5 Å². The first-order valence-electron chi connectivity index (χ1n) is 14.2. The number of aliphatic hydroxyl groups is 2. The lowest BCUT2D eigenvalue weighted by atomic mass is 9.87. The van der Waals surface area contributed by atoms with Crippen LogP contribution in [-0.4, -0.2) is 51.2 Å². The number of halogens is 3. The number of amides is 2. The van der Waals surface area contributed by atoms with Crippen molar-refractivity contribution in [2.24, 2.45) is 0 Å². The van der Waals surface area contributed by atoms with Crippen LogP contribution in [0.25, 0.3) is 0 Å². The van der Waals surface area contributed by atoms with Crippen molar-refractivity contribution in [2.45, 2.75) is 75.4 Å². The molecule has 230 valence electrons. The fourth-order valence-electron chi connectivity index (χ4n) is 5.71. The molecular formula is C32H32ClF2N5O4. The minimum absolute atomic E-state index is 0.176. The Bertz CT molecular complexity index is 1600. The van der Waals surface area contributed by atoms with Gasteiger partial charge < -0.3 is 20.4 Å². The fourth-order valence-corrected chi connectivity index (χ4v) is 5.95. The third kappa shape index (κ3) is 6.38. The van der Waals surface area contributed by atoms with Gasteiger partial charge in [0.15, 0.2) is 0 Å². The van der Waals surface area contributed by atoms with Crippen molar-refractivity contribution < 1.29 is 28.6 Å². The largest absolute Gasteiger partial charge is 0.386 e. The summed E-state index contributed by atoms with van der Waals surface area (Å²) in [7, 11) is 0. The Morgan fingerprint density at radius 1 is 1.16 bits per heavy atom. The number of alkyl halides is 2. The van der Waals surface area contributed by atoms with Crippen molar-refractivity contribution >= 4 is 34.9 Å². The van der Waals surface area contributed by atoms with Crippen LogP contribution in [0.2, 0.25) is 5.02 Å². The van der Waals surface area contributed by atoms with E-state index in [4.69, 9.17) is 11.6 Å². The predicted molar refractivity (Wildman–Crippen MR) is 160 cm³/mol. The van der Waals surface area contributed by atoms with Gasteiger partial charge in [0.25, 0.3) is 11.8 Å². The summed E-state index contributed by atoms with van der Waals surface area (Å²) in [6, 6.07) is 14.7. The van der Waals surface area contributed by atoms with E-state index in [1.807, 2.05) is 6.07 Å². The Balaban J connectivity index is 1.64. The van der Waals surface area contributed by atoms with Gasteiger partial charge >= 0.3 is 0 Å². The number of anilines is 2. The number of nitrogens with one attached hydrogen (secondary N) is 1. The molecule has 12 heteroatoms. The van der Waals surface area contributed by atoms with Crippen molar-refractivity contribution in [1.29, 1.82) is 5.26 Å². The first-order valence-corrected chi connectivity index (χ1v) is 14.6. The number of carbonyl (C=O) groups is 2. The third-order valence-corrected chi connectivity index (χ3v) is 8.33. The molecule has 0 radical (unpaired) electrons. The number of pyridine rings is 1. The number of carbonyl (C=O) groups excluding carboxylic acids is 2. The summed E-state index contributed by atoms with van der Waals surface area (Å²) < 4.78 is 27.4. The van der Waals surface area contributed by atoms with E-state index in [0.717, 1.165) is 0 Å². The lowest BCUT2D eigenvalue weighted by Gasteiger charge is -2.40. The highest BCUT2D eigenvalue weighted by atomic mass is 35.5. The molecule has 1 saturated heterocycles. The van der Waals surface area contributed by atoms with Crippen LogP contribution in [0.3, 0.4) is 0 Å². The van der Waals surface area contributed by atoms with Crippen LogP contribution in [0.5, 0.6) is 0 Å². The first kappa shape index (κ1) is 31.3. The van der Waals surface area contributed by atoms with E-state index >= 15 is 0 Å². The van der Waals surface area contributed by atoms with E-state index < -0.39 is 60.5 Å². The maximum absolute atomic E-state index is 14.8. The Morgan fingerprint density at radius 2 is 1.89 bits per heavy atom. The van der Waals surface area contributed by atoms with Crippen molar-refractivity contribution in [3.63, 3.8) is 0 Å². The second kappa shape index (κ2) is 12.1. The molecule has 0 spiro atoms. The molecule has 1 aliphatic heterocycles. The summed E-state index contributed by atoms with van der Waals surface area (Å²) in [5, 5.41) is 34.0. The van der Waals surface area contributed by atoms with Crippen LogP contribution in [0, 0.1) is 11.3 Å². The maximum atomic E-state index is 14.8. The molecule has 3 aromatic rings. The normalized spacial score (nSPS) is 20.4. The number of hydrogen-bond acceptors (Lipinski definition) is 7. The van der Waals surface area contributed by atoms with Gasteiger partial charge in [-0.2, -0.15) is 5.26 Å². The summed E-state index contributed by atoms with van der Waals surface area (Å²) in [6.07, 6.45) is -0.378. The number of benzene rings is 2. The van der Waals surface area contributed by atoms with Crippen molar-refractivity contribution in [2.75, 3.05) is 9.80 Å². The number of nitriles is 1. The van der Waals surface area contributed by atoms with E-state index in [0.29, 0.717) is 5.56 Å². The Hall–Kier alpha value is -4.11. The van der Waals surface area contributed by atoms with Gasteiger partial charge in [0.1, 0.15) is 24.1 Å². The first-order chi connectivity index (χ1) is 20.8. The molecule has 3 unspecified atom stereocenters. The molecule has 9 nitrogen and oxygen atoms in total. The Labute approximate surface area is 258 Å². The van der Waals surface area contributed by atoms with Gasteiger partial charge in [0.2, 0.25) is 5.91 Å². The molecule has 3 N–H and O–H groups in total. The van der Waals surface area contributed by atoms with E-state index in [2.05, 4.69) is 10.3 Å². The molecule has 2 aromatic carbocycles. The van der Waals surface area contributed by atoms with Gasteiger partial charge in [-0.15, -0.1) is 0 Å². The monoisotopic (exact) mass is 623 g/mol. The molecule has 2 aliphatic rings. The van der Waals surface area contributed by atoms with Gasteiger partial charge in [-0.05, 0) is 62.6 Å². The van der Waals surface area contributed by atoms with Crippen LogP contribution in [-0.2, 0) is 15.2 Å². The summed E-state index contributed by atoms with van der Waals surface area (Å²) >= 11 is 6.60. The second-order valence-corrected chi connectivity index (χ2v) is 12.1. The average molecular weight is 624 g/mol. The van der Waals surface area contributed by atoms with E-state index in [1.165, 1.54) is 28.1 Å². The van der Waals surface area contributed by atoms with Gasteiger partial charge in [-0.3, -0.25) is 14.5 Å². The van der Waals surface area contributed by atoms with Crippen LogP contribution < -0.4 is 15.1 Å². The molecule has 3 atom stereocenters. The number of aromatic nitrogens is 1. The van der Waals surface area contributed by atoms with E-state index in [9.17, 15) is 33.8 Å². The van der Waals surface area contributed by atoms with Gasteiger partial charge in [-0.1, -0.05) is 41.9 Å². The quantitative estimate of drug-likeness (QED) is 0.328. The predicted octanol–water partition coefficient (Wildman–Crippen LogP) is 4.81. The highest BCUT2D eigenvalue weighted by Gasteiger charge is 2.48. The van der Waals surface area contributed by atoms with Crippen molar-refractivity contribution in [3.05, 3.63) is 88.6 Å². The molecular weight excluding hydrogens is 592 g/mol. The summed E-state index contributed by atoms with van der Waals surface area (Å²) in [6.45, 7) is 3.16. The molecule has 44 heavy (non-hydrogen) atoms. The van der Waals surface area contributed by atoms with Crippen molar-refractivity contribution in [1.82, 2.24) is 10.3 Å². The maximum Gasteiger partial charge on any atom is 0.252 e. The summed E-state index contributed by atoms with van der Waals surface area (Å²) in [4.78, 5) is 35.8. The average Bonchev–Trinajstić information content (AvgIpc) is 3.36. The van der Waals surface area contributed by atoms with Gasteiger partial charge in [-0.25, -0.2) is 13.8 Å². The zero-order valence-electron chi connectivity index (χ0n) is 24.1.